The summed E-state index contributed by atoms with van der Waals surface area (Å²) in [6, 6.07) is 0. The highest BCUT2D eigenvalue weighted by atomic mass is 16.5. The molecule has 0 amide bonds. The average molecular weight is 159 g/mol. The smallest absolute Gasteiger partial charge is 0.0519 e. The highest BCUT2D eigenvalue weighted by Gasteiger charge is 2.04. The van der Waals surface area contributed by atoms with Crippen LogP contribution in [0.15, 0.2) is 0 Å². The third-order valence-electron chi connectivity index (χ3n) is 1.39. The van der Waals surface area contributed by atoms with Gasteiger partial charge >= 0.3 is 0 Å². The fourth-order valence-corrected chi connectivity index (χ4v) is 1.03. The predicted octanol–water partition coefficient (Wildman–Crippen LogP) is 1.61. The molecule has 0 rings (SSSR count). The Kier molecular flexibility index (Phi) is 5.51. The standard InChI is InChI=1S/C9H21NO/c1-8(2)11-7-9(3)6-10(4)5/h8-9H,6-7H2,1-5H3/t9-/m1/s1. The van der Waals surface area contributed by atoms with Crippen molar-refractivity contribution in [1.29, 1.82) is 0 Å². The second-order valence-electron chi connectivity index (χ2n) is 3.75. The minimum Gasteiger partial charge on any atom is -0.378 e. The van der Waals surface area contributed by atoms with Gasteiger partial charge in [0.25, 0.3) is 0 Å². The molecule has 0 unspecified atom stereocenters. The lowest BCUT2D eigenvalue weighted by Crippen LogP contribution is -2.24. The van der Waals surface area contributed by atoms with Crippen LogP contribution < -0.4 is 0 Å². The summed E-state index contributed by atoms with van der Waals surface area (Å²) in [5.74, 6) is 0.632. The van der Waals surface area contributed by atoms with E-state index in [4.69, 9.17) is 4.74 Å². The lowest BCUT2D eigenvalue weighted by molar-refractivity contribution is 0.0491. The number of nitrogens with zero attached hydrogens (tertiary/aromatic N) is 1. The van der Waals surface area contributed by atoms with Gasteiger partial charge in [0.2, 0.25) is 0 Å². The van der Waals surface area contributed by atoms with Gasteiger partial charge in [0.15, 0.2) is 0 Å². The maximum absolute atomic E-state index is 5.48. The molecular formula is C9H21NO. The fraction of sp³-hybridized carbons (Fsp3) is 1.00. The molecule has 0 aromatic carbocycles. The van der Waals surface area contributed by atoms with Gasteiger partial charge in [0.1, 0.15) is 0 Å². The number of hydrogen-bond acceptors (Lipinski definition) is 2. The number of hydrogen-bond donors (Lipinski definition) is 0. The molecule has 0 aromatic heterocycles. The van der Waals surface area contributed by atoms with Crippen molar-refractivity contribution in [2.75, 3.05) is 27.2 Å². The molecule has 0 saturated carbocycles. The van der Waals surface area contributed by atoms with Crippen LogP contribution in [0.2, 0.25) is 0 Å². The van der Waals surface area contributed by atoms with E-state index >= 15 is 0 Å². The van der Waals surface area contributed by atoms with Crippen molar-refractivity contribution in [2.24, 2.45) is 5.92 Å². The second kappa shape index (κ2) is 5.56. The van der Waals surface area contributed by atoms with Crippen molar-refractivity contribution < 1.29 is 4.74 Å². The largest absolute Gasteiger partial charge is 0.378 e. The van der Waals surface area contributed by atoms with Crippen LogP contribution in [0, 0.1) is 5.92 Å². The molecule has 0 fully saturated rings. The molecule has 0 heterocycles. The van der Waals surface area contributed by atoms with Gasteiger partial charge in [-0.3, -0.25) is 0 Å². The summed E-state index contributed by atoms with van der Waals surface area (Å²) in [7, 11) is 4.18. The van der Waals surface area contributed by atoms with Crippen molar-refractivity contribution in [3.8, 4) is 0 Å². The first-order valence-corrected chi connectivity index (χ1v) is 4.28. The quantitative estimate of drug-likeness (QED) is 0.604. The fourth-order valence-electron chi connectivity index (χ4n) is 1.03. The van der Waals surface area contributed by atoms with Crippen LogP contribution in [0.5, 0.6) is 0 Å². The van der Waals surface area contributed by atoms with Crippen molar-refractivity contribution >= 4 is 0 Å². The maximum atomic E-state index is 5.48. The molecule has 1 atom stereocenters. The molecule has 0 aliphatic carbocycles. The van der Waals surface area contributed by atoms with E-state index in [1.54, 1.807) is 0 Å². The van der Waals surface area contributed by atoms with Gasteiger partial charge in [-0.05, 0) is 33.9 Å². The third-order valence-corrected chi connectivity index (χ3v) is 1.39. The first-order chi connectivity index (χ1) is 5.02. The zero-order chi connectivity index (χ0) is 8.85. The van der Waals surface area contributed by atoms with E-state index in [1.165, 1.54) is 0 Å². The summed E-state index contributed by atoms with van der Waals surface area (Å²) in [4.78, 5) is 2.19. The summed E-state index contributed by atoms with van der Waals surface area (Å²) in [6.45, 7) is 8.33. The molecule has 2 nitrogen and oxygen atoms in total. The maximum Gasteiger partial charge on any atom is 0.0519 e. The summed E-state index contributed by atoms with van der Waals surface area (Å²) in [5, 5.41) is 0. The van der Waals surface area contributed by atoms with Gasteiger partial charge in [0.05, 0.1) is 12.7 Å². The van der Waals surface area contributed by atoms with E-state index in [1.807, 2.05) is 0 Å². The van der Waals surface area contributed by atoms with Crippen LogP contribution >= 0.6 is 0 Å². The Morgan fingerprint density at radius 1 is 1.18 bits per heavy atom. The summed E-state index contributed by atoms with van der Waals surface area (Å²) in [6.07, 6.45) is 0.361. The monoisotopic (exact) mass is 159 g/mol. The molecule has 68 valence electrons. The Morgan fingerprint density at radius 3 is 2.09 bits per heavy atom. The first kappa shape index (κ1) is 10.9. The van der Waals surface area contributed by atoms with Gasteiger partial charge in [-0.25, -0.2) is 0 Å². The minimum absolute atomic E-state index is 0.361. The van der Waals surface area contributed by atoms with E-state index in [2.05, 4.69) is 39.8 Å². The highest BCUT2D eigenvalue weighted by Crippen LogP contribution is 1.99. The van der Waals surface area contributed by atoms with E-state index in [-0.39, 0.29) is 0 Å². The van der Waals surface area contributed by atoms with Gasteiger partial charge in [-0.15, -0.1) is 0 Å². The predicted molar refractivity (Wildman–Crippen MR) is 48.8 cm³/mol. The Morgan fingerprint density at radius 2 is 1.73 bits per heavy atom. The average Bonchev–Trinajstić information content (AvgIpc) is 1.82. The summed E-state index contributed by atoms with van der Waals surface area (Å²) < 4.78 is 5.48. The van der Waals surface area contributed by atoms with Crippen molar-refractivity contribution in [3.63, 3.8) is 0 Å². The molecule has 0 N–H and O–H groups in total. The molecule has 0 spiro atoms. The lowest BCUT2D eigenvalue weighted by Gasteiger charge is -2.17. The highest BCUT2D eigenvalue weighted by molar-refractivity contribution is 4.54. The van der Waals surface area contributed by atoms with Crippen LogP contribution in [0.4, 0.5) is 0 Å². The second-order valence-corrected chi connectivity index (χ2v) is 3.75. The third kappa shape index (κ3) is 7.82. The molecular weight excluding hydrogens is 138 g/mol. The summed E-state index contributed by atoms with van der Waals surface area (Å²) in [5.41, 5.74) is 0. The molecule has 0 radical (unpaired) electrons. The van der Waals surface area contributed by atoms with Crippen LogP contribution in [-0.2, 0) is 4.74 Å². The topological polar surface area (TPSA) is 12.5 Å². The SMILES string of the molecule is CC(C)OC[C@H](C)CN(C)C. The van der Waals surface area contributed by atoms with E-state index in [0.29, 0.717) is 12.0 Å². The minimum atomic E-state index is 0.361. The van der Waals surface area contributed by atoms with Gasteiger partial charge in [0, 0.05) is 6.54 Å². The molecule has 0 aromatic rings. The molecule has 2 heteroatoms. The number of rotatable bonds is 5. The van der Waals surface area contributed by atoms with Crippen molar-refractivity contribution in [3.05, 3.63) is 0 Å². The van der Waals surface area contributed by atoms with Crippen LogP contribution in [-0.4, -0.2) is 38.3 Å². The Bertz CT molecular complexity index is 91.6. The number of ether oxygens (including phenoxy) is 1. The van der Waals surface area contributed by atoms with Crippen molar-refractivity contribution in [2.45, 2.75) is 26.9 Å². The van der Waals surface area contributed by atoms with E-state index < -0.39 is 0 Å². The van der Waals surface area contributed by atoms with E-state index in [9.17, 15) is 0 Å². The van der Waals surface area contributed by atoms with E-state index in [0.717, 1.165) is 13.2 Å². The summed E-state index contributed by atoms with van der Waals surface area (Å²) >= 11 is 0. The zero-order valence-corrected chi connectivity index (χ0v) is 8.42. The Hall–Kier alpha value is -0.0800. The molecule has 0 saturated heterocycles. The Labute approximate surface area is 70.5 Å². The zero-order valence-electron chi connectivity index (χ0n) is 8.42. The van der Waals surface area contributed by atoms with Gasteiger partial charge < -0.3 is 9.64 Å². The normalized spacial score (nSPS) is 14.5. The van der Waals surface area contributed by atoms with Crippen LogP contribution in [0.1, 0.15) is 20.8 Å². The first-order valence-electron chi connectivity index (χ1n) is 4.28. The molecule has 0 aliphatic heterocycles. The van der Waals surface area contributed by atoms with Gasteiger partial charge in [-0.1, -0.05) is 6.92 Å². The lowest BCUT2D eigenvalue weighted by atomic mass is 10.2. The Balaban J connectivity index is 3.29. The molecule has 0 aliphatic rings. The van der Waals surface area contributed by atoms with Crippen molar-refractivity contribution in [1.82, 2.24) is 4.90 Å². The van der Waals surface area contributed by atoms with Crippen LogP contribution in [0.3, 0.4) is 0 Å². The van der Waals surface area contributed by atoms with Crippen LogP contribution in [0.25, 0.3) is 0 Å². The molecule has 0 bridgehead atoms. The molecule has 11 heavy (non-hydrogen) atoms. The van der Waals surface area contributed by atoms with Gasteiger partial charge in [-0.2, -0.15) is 0 Å².